The third kappa shape index (κ3) is 12.1. The van der Waals surface area contributed by atoms with E-state index in [-0.39, 0.29) is 30.6 Å². The normalized spacial score (nSPS) is 17.1. The first kappa shape index (κ1) is 26.9. The molecule has 1 atom stereocenters. The standard InChI is InChI=1S/C20H41N3O3.HI/c1-5-21-20(22-16-18(9-12-24)15-17(2)3)23-10-7-19(8-11-23)26-14-6-13-25-4;/h17-19,24H,5-16H2,1-4H3,(H,21,22);1H. The number of aliphatic hydroxyl groups is 1. The van der Waals surface area contributed by atoms with Crippen molar-refractivity contribution in [1.29, 1.82) is 0 Å². The Morgan fingerprint density at radius 2 is 1.96 bits per heavy atom. The topological polar surface area (TPSA) is 66.3 Å². The minimum Gasteiger partial charge on any atom is -0.396 e. The van der Waals surface area contributed by atoms with Crippen molar-refractivity contribution in [1.82, 2.24) is 10.2 Å². The van der Waals surface area contributed by atoms with E-state index in [1.54, 1.807) is 7.11 Å². The molecule has 1 rings (SSSR count). The number of aliphatic hydroxyl groups excluding tert-OH is 1. The summed E-state index contributed by atoms with van der Waals surface area (Å²) in [6.45, 7) is 12.0. The first-order chi connectivity index (χ1) is 12.6. The lowest BCUT2D eigenvalue weighted by Crippen LogP contribution is -2.47. The Balaban J connectivity index is 0.00000676. The maximum Gasteiger partial charge on any atom is 0.193 e. The first-order valence-corrected chi connectivity index (χ1v) is 10.3. The van der Waals surface area contributed by atoms with E-state index in [1.807, 2.05) is 0 Å². The number of hydrogen-bond donors (Lipinski definition) is 2. The zero-order valence-electron chi connectivity index (χ0n) is 17.8. The van der Waals surface area contributed by atoms with Crippen LogP contribution in [0.2, 0.25) is 0 Å². The van der Waals surface area contributed by atoms with Crippen molar-refractivity contribution >= 4 is 29.9 Å². The molecule has 1 heterocycles. The second-order valence-corrected chi connectivity index (χ2v) is 7.61. The van der Waals surface area contributed by atoms with Crippen molar-refractivity contribution in [3.05, 3.63) is 0 Å². The highest BCUT2D eigenvalue weighted by Crippen LogP contribution is 2.17. The molecule has 0 bridgehead atoms. The SMILES string of the molecule is CCNC(=NCC(CCO)CC(C)C)N1CCC(OCCCOC)CC1.I. The molecule has 7 heteroatoms. The molecule has 162 valence electrons. The third-order valence-electron chi connectivity index (χ3n) is 4.76. The summed E-state index contributed by atoms with van der Waals surface area (Å²) in [5.41, 5.74) is 0. The van der Waals surface area contributed by atoms with Gasteiger partial charge in [0.1, 0.15) is 0 Å². The Morgan fingerprint density at radius 1 is 1.26 bits per heavy atom. The smallest absolute Gasteiger partial charge is 0.193 e. The van der Waals surface area contributed by atoms with Gasteiger partial charge in [-0.3, -0.25) is 4.99 Å². The Bertz CT molecular complexity index is 375. The molecule has 0 saturated carbocycles. The number of nitrogens with zero attached hydrogens (tertiary/aromatic N) is 2. The number of halogens is 1. The average Bonchev–Trinajstić information content (AvgIpc) is 2.62. The molecule has 0 aromatic heterocycles. The van der Waals surface area contributed by atoms with Gasteiger partial charge in [0.2, 0.25) is 0 Å². The Hall–Kier alpha value is -0.120. The number of methoxy groups -OCH3 is 1. The fourth-order valence-electron chi connectivity index (χ4n) is 3.46. The van der Waals surface area contributed by atoms with E-state index in [4.69, 9.17) is 14.5 Å². The molecule has 0 spiro atoms. The lowest BCUT2D eigenvalue weighted by molar-refractivity contribution is 0.00989. The number of aliphatic imine (C=N–C) groups is 1. The number of hydrogen-bond acceptors (Lipinski definition) is 4. The molecule has 0 aliphatic carbocycles. The first-order valence-electron chi connectivity index (χ1n) is 10.3. The summed E-state index contributed by atoms with van der Waals surface area (Å²) in [5, 5.41) is 12.7. The summed E-state index contributed by atoms with van der Waals surface area (Å²) >= 11 is 0. The van der Waals surface area contributed by atoms with Crippen molar-refractivity contribution in [2.75, 3.05) is 53.1 Å². The molecule has 1 unspecified atom stereocenters. The van der Waals surface area contributed by atoms with E-state index in [9.17, 15) is 5.11 Å². The van der Waals surface area contributed by atoms with E-state index < -0.39 is 0 Å². The van der Waals surface area contributed by atoms with Gasteiger partial charge in [-0.05, 0) is 50.9 Å². The lowest BCUT2D eigenvalue weighted by Gasteiger charge is -2.34. The van der Waals surface area contributed by atoms with Crippen LogP contribution >= 0.6 is 24.0 Å². The molecule has 2 N–H and O–H groups in total. The maximum atomic E-state index is 9.30. The van der Waals surface area contributed by atoms with E-state index in [0.717, 1.165) is 77.5 Å². The Morgan fingerprint density at radius 3 is 2.52 bits per heavy atom. The molecule has 1 saturated heterocycles. The number of likely N-dealkylation sites (tertiary alicyclic amines) is 1. The Kier molecular flexibility index (Phi) is 16.7. The summed E-state index contributed by atoms with van der Waals surface area (Å²) in [5.74, 6) is 2.10. The van der Waals surface area contributed by atoms with Crippen LogP contribution in [0.3, 0.4) is 0 Å². The molecule has 0 amide bonds. The van der Waals surface area contributed by atoms with Crippen LogP contribution in [0.4, 0.5) is 0 Å². The van der Waals surface area contributed by atoms with Crippen molar-refractivity contribution < 1.29 is 14.6 Å². The summed E-state index contributed by atoms with van der Waals surface area (Å²) in [4.78, 5) is 7.23. The lowest BCUT2D eigenvalue weighted by atomic mass is 9.94. The highest BCUT2D eigenvalue weighted by Gasteiger charge is 2.22. The van der Waals surface area contributed by atoms with Crippen LogP contribution in [-0.4, -0.2) is 75.2 Å². The quantitative estimate of drug-likeness (QED) is 0.187. The van der Waals surface area contributed by atoms with E-state index in [1.165, 1.54) is 0 Å². The predicted molar refractivity (Wildman–Crippen MR) is 123 cm³/mol. The Labute approximate surface area is 183 Å². The van der Waals surface area contributed by atoms with Crippen LogP contribution in [0.25, 0.3) is 0 Å². The molecule has 1 fully saturated rings. The van der Waals surface area contributed by atoms with E-state index in [0.29, 0.717) is 17.9 Å². The van der Waals surface area contributed by atoms with Gasteiger partial charge in [0, 0.05) is 53.1 Å². The molecule has 27 heavy (non-hydrogen) atoms. The van der Waals surface area contributed by atoms with Crippen LogP contribution in [-0.2, 0) is 9.47 Å². The van der Waals surface area contributed by atoms with Crippen LogP contribution in [0.5, 0.6) is 0 Å². The molecule has 6 nitrogen and oxygen atoms in total. The van der Waals surface area contributed by atoms with Gasteiger partial charge in [0.05, 0.1) is 6.10 Å². The zero-order valence-corrected chi connectivity index (χ0v) is 20.1. The molecular weight excluding hydrogens is 457 g/mol. The maximum absolute atomic E-state index is 9.30. The van der Waals surface area contributed by atoms with Crippen molar-refractivity contribution in [2.45, 2.75) is 59.0 Å². The van der Waals surface area contributed by atoms with Gasteiger partial charge >= 0.3 is 0 Å². The van der Waals surface area contributed by atoms with Gasteiger partial charge in [-0.1, -0.05) is 13.8 Å². The predicted octanol–water partition coefficient (Wildman–Crippen LogP) is 3.13. The van der Waals surface area contributed by atoms with Crippen LogP contribution in [0.15, 0.2) is 4.99 Å². The summed E-state index contributed by atoms with van der Waals surface area (Å²) < 4.78 is 11.0. The van der Waals surface area contributed by atoms with Gasteiger partial charge in [0.15, 0.2) is 5.96 Å². The summed E-state index contributed by atoms with van der Waals surface area (Å²) in [6, 6.07) is 0. The minimum absolute atomic E-state index is 0. The minimum atomic E-state index is 0. The molecule has 0 aromatic carbocycles. The highest BCUT2D eigenvalue weighted by atomic mass is 127. The molecule has 1 aliphatic rings. The van der Waals surface area contributed by atoms with E-state index >= 15 is 0 Å². The highest BCUT2D eigenvalue weighted by molar-refractivity contribution is 14.0. The molecular formula is C20H42IN3O3. The fourth-order valence-corrected chi connectivity index (χ4v) is 3.46. The number of guanidine groups is 1. The van der Waals surface area contributed by atoms with Gasteiger partial charge in [-0.25, -0.2) is 0 Å². The average molecular weight is 499 g/mol. The second kappa shape index (κ2) is 16.8. The van der Waals surface area contributed by atoms with E-state index in [2.05, 4.69) is 31.0 Å². The number of rotatable bonds is 12. The summed E-state index contributed by atoms with van der Waals surface area (Å²) in [7, 11) is 1.73. The summed E-state index contributed by atoms with van der Waals surface area (Å²) in [6.07, 6.45) is 5.35. The van der Waals surface area contributed by atoms with Crippen molar-refractivity contribution in [2.24, 2.45) is 16.8 Å². The second-order valence-electron chi connectivity index (χ2n) is 7.61. The number of nitrogens with one attached hydrogen (secondary N) is 1. The molecule has 0 radical (unpaired) electrons. The zero-order chi connectivity index (χ0) is 19.2. The van der Waals surface area contributed by atoms with Crippen LogP contribution < -0.4 is 5.32 Å². The molecule has 0 aromatic rings. The number of ether oxygens (including phenoxy) is 2. The van der Waals surface area contributed by atoms with Crippen molar-refractivity contribution in [3.8, 4) is 0 Å². The van der Waals surface area contributed by atoms with Gasteiger partial charge in [0.25, 0.3) is 0 Å². The molecule has 1 aliphatic heterocycles. The monoisotopic (exact) mass is 499 g/mol. The third-order valence-corrected chi connectivity index (χ3v) is 4.76. The fraction of sp³-hybridized carbons (Fsp3) is 0.950. The van der Waals surface area contributed by atoms with Gasteiger partial charge in [-0.2, -0.15) is 0 Å². The van der Waals surface area contributed by atoms with Gasteiger partial charge < -0.3 is 24.8 Å². The van der Waals surface area contributed by atoms with Crippen LogP contribution in [0.1, 0.15) is 52.9 Å². The van der Waals surface area contributed by atoms with Crippen molar-refractivity contribution in [3.63, 3.8) is 0 Å². The number of piperidine rings is 1. The largest absolute Gasteiger partial charge is 0.396 e. The van der Waals surface area contributed by atoms with Gasteiger partial charge in [-0.15, -0.1) is 24.0 Å². The van der Waals surface area contributed by atoms with Crippen LogP contribution in [0, 0.1) is 11.8 Å².